The van der Waals surface area contributed by atoms with Crippen LogP contribution in [0.4, 0.5) is 4.79 Å². The maximum Gasteiger partial charge on any atom is 0.317 e. The van der Waals surface area contributed by atoms with E-state index in [2.05, 4.69) is 52.2 Å². The number of benzene rings is 1. The average Bonchev–Trinajstić information content (AvgIpc) is 3.39. The fourth-order valence-corrected chi connectivity index (χ4v) is 4.59. The number of para-hydroxylation sites is 1. The first-order chi connectivity index (χ1) is 13.3. The highest BCUT2D eigenvalue weighted by Crippen LogP contribution is 2.32. The Bertz CT molecular complexity index is 948. The molecule has 1 aromatic carbocycles. The van der Waals surface area contributed by atoms with Crippen LogP contribution in [-0.2, 0) is 0 Å². The molecular weight excluding hydrogens is 356 g/mol. The smallest absolute Gasteiger partial charge is 0.317 e. The summed E-state index contributed by atoms with van der Waals surface area (Å²) in [5.41, 5.74) is 2.32. The van der Waals surface area contributed by atoms with E-state index in [4.69, 9.17) is 5.26 Å². The highest BCUT2D eigenvalue weighted by Gasteiger charge is 2.24. The summed E-state index contributed by atoms with van der Waals surface area (Å²) in [6, 6.07) is 14.7. The zero-order valence-corrected chi connectivity index (χ0v) is 15.8. The first-order valence-corrected chi connectivity index (χ1v) is 10.2. The van der Waals surface area contributed by atoms with Crippen LogP contribution in [0.1, 0.15) is 29.2 Å². The molecule has 138 valence electrons. The Morgan fingerprint density at radius 2 is 2.11 bits per heavy atom. The lowest BCUT2D eigenvalue weighted by Crippen LogP contribution is -2.45. The van der Waals surface area contributed by atoms with E-state index < -0.39 is 0 Å². The van der Waals surface area contributed by atoms with Gasteiger partial charge in [-0.1, -0.05) is 24.3 Å². The lowest BCUT2D eigenvalue weighted by Gasteiger charge is -2.29. The molecule has 27 heavy (non-hydrogen) atoms. The number of hydrogen-bond donors (Lipinski definition) is 2. The Kier molecular flexibility index (Phi) is 5.12. The first-order valence-electron chi connectivity index (χ1n) is 9.28. The summed E-state index contributed by atoms with van der Waals surface area (Å²) in [5.74, 6) is 0.195. The lowest BCUT2D eigenvalue weighted by atomic mass is 9.96. The number of rotatable bonds is 4. The molecule has 0 unspecified atom stereocenters. The molecule has 0 spiro atoms. The molecule has 3 heterocycles. The molecule has 1 aliphatic rings. The Morgan fingerprint density at radius 1 is 1.30 bits per heavy atom. The maximum absolute atomic E-state index is 12.6. The molecule has 2 aromatic heterocycles. The highest BCUT2D eigenvalue weighted by atomic mass is 32.1. The minimum Gasteiger partial charge on any atom is -0.361 e. The second kappa shape index (κ2) is 7.85. The number of piperidine rings is 1. The number of amides is 2. The zero-order chi connectivity index (χ0) is 18.6. The molecule has 0 saturated carbocycles. The van der Waals surface area contributed by atoms with Crippen molar-refractivity contribution in [3.63, 3.8) is 0 Å². The average molecular weight is 379 g/mol. The van der Waals surface area contributed by atoms with Crippen molar-refractivity contribution in [2.45, 2.75) is 18.8 Å². The molecule has 2 N–H and O–H groups in total. The second-order valence-corrected chi connectivity index (χ2v) is 7.91. The predicted octanol–water partition coefficient (Wildman–Crippen LogP) is 4.31. The van der Waals surface area contributed by atoms with E-state index in [9.17, 15) is 4.79 Å². The maximum atomic E-state index is 12.6. The number of aromatic nitrogens is 1. The molecule has 0 radical (unpaired) electrons. The van der Waals surface area contributed by atoms with Gasteiger partial charge in [0.15, 0.2) is 0 Å². The molecule has 2 amide bonds. The zero-order valence-electron chi connectivity index (χ0n) is 15.0. The molecule has 4 rings (SSSR count). The van der Waals surface area contributed by atoms with Crippen LogP contribution in [0, 0.1) is 17.2 Å². The molecule has 5 nitrogen and oxygen atoms in total. The number of carbonyl (C=O) groups excluding carboxylic acids is 1. The number of H-pyrrole nitrogens is 1. The Hall–Kier alpha value is -2.78. The Morgan fingerprint density at radius 3 is 2.85 bits per heavy atom. The van der Waals surface area contributed by atoms with Crippen molar-refractivity contribution in [2.24, 2.45) is 5.92 Å². The number of urea groups is 1. The van der Waals surface area contributed by atoms with Crippen molar-refractivity contribution in [1.82, 2.24) is 15.2 Å². The van der Waals surface area contributed by atoms with E-state index >= 15 is 0 Å². The summed E-state index contributed by atoms with van der Waals surface area (Å²) >= 11 is 1.71. The topological polar surface area (TPSA) is 71.9 Å². The van der Waals surface area contributed by atoms with Crippen molar-refractivity contribution < 1.29 is 4.79 Å². The lowest BCUT2D eigenvalue weighted by molar-refractivity contribution is 0.179. The van der Waals surface area contributed by atoms with Gasteiger partial charge in [-0.05, 0) is 35.9 Å². The van der Waals surface area contributed by atoms with Crippen LogP contribution < -0.4 is 5.32 Å². The molecule has 1 fully saturated rings. The summed E-state index contributed by atoms with van der Waals surface area (Å²) in [4.78, 5) is 19.0. The number of nitrogens with one attached hydrogen (secondary N) is 2. The van der Waals surface area contributed by atoms with Crippen molar-refractivity contribution in [2.75, 3.05) is 19.6 Å². The molecule has 0 aliphatic carbocycles. The van der Waals surface area contributed by atoms with Gasteiger partial charge in [-0.3, -0.25) is 0 Å². The first kappa shape index (κ1) is 17.6. The number of hydrogen-bond acceptors (Lipinski definition) is 3. The van der Waals surface area contributed by atoms with Gasteiger partial charge in [0.05, 0.1) is 6.07 Å². The van der Waals surface area contributed by atoms with Crippen molar-refractivity contribution in [3.8, 4) is 6.07 Å². The summed E-state index contributed by atoms with van der Waals surface area (Å²) in [7, 11) is 0. The standard InChI is InChI=1S/C21H22N4OS/c22-12-15-7-9-25(10-8-15)21(26)24-14-18(20-6-3-11-27-20)17-13-23-19-5-2-1-4-16(17)19/h1-6,11,13,15,18,23H,7-10,14H2,(H,24,26)/t18-/m0/s1. The summed E-state index contributed by atoms with van der Waals surface area (Å²) < 4.78 is 0. The predicted molar refractivity (Wildman–Crippen MR) is 108 cm³/mol. The largest absolute Gasteiger partial charge is 0.361 e. The highest BCUT2D eigenvalue weighted by molar-refractivity contribution is 7.10. The fourth-order valence-electron chi connectivity index (χ4n) is 3.75. The van der Waals surface area contributed by atoms with Gasteiger partial charge >= 0.3 is 6.03 Å². The van der Waals surface area contributed by atoms with Crippen LogP contribution in [0.5, 0.6) is 0 Å². The van der Waals surface area contributed by atoms with E-state index in [1.165, 1.54) is 15.8 Å². The molecule has 1 saturated heterocycles. The summed E-state index contributed by atoms with van der Waals surface area (Å²) in [5, 5.41) is 15.4. The van der Waals surface area contributed by atoms with E-state index in [-0.39, 0.29) is 17.9 Å². The molecule has 1 atom stereocenters. The molecule has 6 heteroatoms. The number of fused-ring (bicyclic) bond motifs is 1. The van der Waals surface area contributed by atoms with E-state index in [1.807, 2.05) is 17.0 Å². The monoisotopic (exact) mass is 378 g/mol. The Labute approximate surface area is 162 Å². The third kappa shape index (κ3) is 3.69. The van der Waals surface area contributed by atoms with Gasteiger partial charge in [-0.2, -0.15) is 5.26 Å². The number of thiophene rings is 1. The number of carbonyl (C=O) groups is 1. The normalized spacial score (nSPS) is 16.2. The van der Waals surface area contributed by atoms with Gasteiger partial charge in [0.2, 0.25) is 0 Å². The third-order valence-corrected chi connectivity index (χ3v) is 6.29. The van der Waals surface area contributed by atoms with Gasteiger partial charge in [-0.15, -0.1) is 11.3 Å². The van der Waals surface area contributed by atoms with Crippen molar-refractivity contribution in [3.05, 3.63) is 58.4 Å². The van der Waals surface area contributed by atoms with Crippen LogP contribution >= 0.6 is 11.3 Å². The quantitative estimate of drug-likeness (QED) is 0.710. The van der Waals surface area contributed by atoms with Crippen LogP contribution in [0.25, 0.3) is 10.9 Å². The number of likely N-dealkylation sites (tertiary alicyclic amines) is 1. The molecule has 0 bridgehead atoms. The SMILES string of the molecule is N#CC1CCN(C(=O)NC[C@H](c2cccs2)c2c[nH]c3ccccc23)CC1. The van der Waals surface area contributed by atoms with Crippen LogP contribution in [0.3, 0.4) is 0 Å². The molecular formula is C21H22N4OS. The van der Waals surface area contributed by atoms with Crippen LogP contribution in [-0.4, -0.2) is 35.5 Å². The minimum atomic E-state index is -0.0345. The fraction of sp³-hybridized carbons (Fsp3) is 0.333. The van der Waals surface area contributed by atoms with Crippen LogP contribution in [0.15, 0.2) is 48.0 Å². The van der Waals surface area contributed by atoms with E-state index in [1.54, 1.807) is 11.3 Å². The van der Waals surface area contributed by atoms with Crippen molar-refractivity contribution >= 4 is 28.3 Å². The Balaban J connectivity index is 1.50. The van der Waals surface area contributed by atoms with Gasteiger partial charge in [0, 0.05) is 53.4 Å². The summed E-state index contributed by atoms with van der Waals surface area (Å²) in [6.45, 7) is 1.86. The van der Waals surface area contributed by atoms with Gasteiger partial charge < -0.3 is 15.2 Å². The summed E-state index contributed by atoms with van der Waals surface area (Å²) in [6.07, 6.45) is 3.58. The van der Waals surface area contributed by atoms with Crippen LogP contribution in [0.2, 0.25) is 0 Å². The molecule has 1 aliphatic heterocycles. The minimum absolute atomic E-state index is 0.0345. The number of nitrogens with zero attached hydrogens (tertiary/aromatic N) is 2. The molecule has 3 aromatic rings. The van der Waals surface area contributed by atoms with E-state index in [0.717, 1.165) is 18.4 Å². The van der Waals surface area contributed by atoms with E-state index in [0.29, 0.717) is 19.6 Å². The second-order valence-electron chi connectivity index (χ2n) is 6.93. The van der Waals surface area contributed by atoms with Gasteiger partial charge in [0.25, 0.3) is 0 Å². The third-order valence-electron chi connectivity index (χ3n) is 5.31. The van der Waals surface area contributed by atoms with Gasteiger partial charge in [0.1, 0.15) is 0 Å². The van der Waals surface area contributed by atoms with Crippen molar-refractivity contribution in [1.29, 1.82) is 5.26 Å². The number of nitriles is 1. The number of aromatic amines is 1. The van der Waals surface area contributed by atoms with Gasteiger partial charge in [-0.25, -0.2) is 4.79 Å².